The molecule has 1 aromatic heterocycles. The second-order valence-electron chi connectivity index (χ2n) is 5.74. The van der Waals surface area contributed by atoms with Gasteiger partial charge in [-0.15, -0.1) is 0 Å². The minimum Gasteiger partial charge on any atom is -0.481 e. The molecule has 1 saturated carbocycles. The van der Waals surface area contributed by atoms with Crippen molar-refractivity contribution in [1.82, 2.24) is 4.98 Å². The molecule has 1 heterocycles. The average Bonchev–Trinajstić information content (AvgIpc) is 2.47. The second-order valence-corrected chi connectivity index (χ2v) is 5.74. The fraction of sp³-hybridized carbons (Fsp3) is 0.412. The predicted molar refractivity (Wildman–Crippen MR) is 78.7 cm³/mol. The van der Waals surface area contributed by atoms with Crippen molar-refractivity contribution in [3.8, 4) is 0 Å². The van der Waals surface area contributed by atoms with Crippen LogP contribution in [0.15, 0.2) is 36.4 Å². The van der Waals surface area contributed by atoms with Crippen LogP contribution in [0.4, 0.5) is 0 Å². The van der Waals surface area contributed by atoms with Crippen LogP contribution in [0.3, 0.4) is 0 Å². The van der Waals surface area contributed by atoms with E-state index in [4.69, 9.17) is 10.1 Å². The van der Waals surface area contributed by atoms with Gasteiger partial charge in [0.05, 0.1) is 5.52 Å². The van der Waals surface area contributed by atoms with E-state index >= 15 is 0 Å². The second kappa shape index (κ2) is 5.61. The topological polar surface area (TPSA) is 50.2 Å². The summed E-state index contributed by atoms with van der Waals surface area (Å²) >= 11 is 0. The monoisotopic (exact) mass is 269 g/mol. The van der Waals surface area contributed by atoms with Crippen molar-refractivity contribution >= 4 is 16.9 Å². The van der Waals surface area contributed by atoms with Gasteiger partial charge in [0.15, 0.2) is 0 Å². The maximum atomic E-state index is 10.8. The molecule has 3 rings (SSSR count). The lowest BCUT2D eigenvalue weighted by atomic mass is 9.79. The Balaban J connectivity index is 1.71. The summed E-state index contributed by atoms with van der Waals surface area (Å²) in [5.41, 5.74) is 2.22. The number of carbonyl (C=O) groups is 1. The number of nitrogens with zero attached hydrogens (tertiary/aromatic N) is 1. The number of hydrogen-bond acceptors (Lipinski definition) is 2. The molecule has 20 heavy (non-hydrogen) atoms. The van der Waals surface area contributed by atoms with Crippen molar-refractivity contribution in [1.29, 1.82) is 0 Å². The number of rotatable bonds is 3. The van der Waals surface area contributed by atoms with Gasteiger partial charge in [0.1, 0.15) is 0 Å². The molecule has 104 valence electrons. The number of carboxylic acids is 1. The molecular weight excluding hydrogens is 250 g/mol. The smallest absolute Gasteiger partial charge is 0.303 e. The van der Waals surface area contributed by atoms with E-state index in [-0.39, 0.29) is 0 Å². The summed E-state index contributed by atoms with van der Waals surface area (Å²) < 4.78 is 0. The van der Waals surface area contributed by atoms with Gasteiger partial charge in [0, 0.05) is 23.4 Å². The summed E-state index contributed by atoms with van der Waals surface area (Å²) in [5, 5.41) is 10.0. The highest BCUT2D eigenvalue weighted by Gasteiger charge is 2.24. The first-order valence-corrected chi connectivity index (χ1v) is 7.30. The van der Waals surface area contributed by atoms with E-state index in [1.807, 2.05) is 12.1 Å². The normalized spacial score (nSPS) is 22.8. The quantitative estimate of drug-likeness (QED) is 0.916. The lowest BCUT2D eigenvalue weighted by Crippen LogP contribution is -2.16. The highest BCUT2D eigenvalue weighted by molar-refractivity contribution is 5.78. The van der Waals surface area contributed by atoms with Gasteiger partial charge < -0.3 is 5.11 Å². The van der Waals surface area contributed by atoms with Crippen molar-refractivity contribution in [2.45, 2.75) is 38.0 Å². The minimum absolute atomic E-state index is 0.317. The molecule has 2 aromatic rings. The molecule has 0 bridgehead atoms. The molecule has 0 radical (unpaired) electrons. The summed E-state index contributed by atoms with van der Waals surface area (Å²) in [7, 11) is 0. The molecule has 0 aliphatic heterocycles. The van der Waals surface area contributed by atoms with Gasteiger partial charge in [-0.05, 0) is 43.7 Å². The molecule has 0 saturated heterocycles. The largest absolute Gasteiger partial charge is 0.481 e. The van der Waals surface area contributed by atoms with E-state index in [1.54, 1.807) is 0 Å². The lowest BCUT2D eigenvalue weighted by Gasteiger charge is -2.27. The fourth-order valence-corrected chi connectivity index (χ4v) is 3.22. The molecule has 0 amide bonds. The van der Waals surface area contributed by atoms with Crippen molar-refractivity contribution in [2.75, 3.05) is 0 Å². The van der Waals surface area contributed by atoms with E-state index in [9.17, 15) is 4.79 Å². The summed E-state index contributed by atoms with van der Waals surface area (Å²) in [6.45, 7) is 0. The van der Waals surface area contributed by atoms with Crippen molar-refractivity contribution < 1.29 is 9.90 Å². The lowest BCUT2D eigenvalue weighted by molar-refractivity contribution is -0.138. The zero-order chi connectivity index (χ0) is 13.9. The van der Waals surface area contributed by atoms with Crippen LogP contribution in [0, 0.1) is 5.92 Å². The van der Waals surface area contributed by atoms with Gasteiger partial charge in [-0.25, -0.2) is 0 Å². The molecule has 0 atom stereocenters. The first kappa shape index (κ1) is 13.1. The van der Waals surface area contributed by atoms with Crippen LogP contribution in [-0.4, -0.2) is 16.1 Å². The minimum atomic E-state index is -0.669. The third kappa shape index (κ3) is 2.82. The number of fused-ring (bicyclic) bond motifs is 1. The third-order valence-corrected chi connectivity index (χ3v) is 4.35. The Morgan fingerprint density at radius 2 is 1.85 bits per heavy atom. The zero-order valence-corrected chi connectivity index (χ0v) is 11.5. The Labute approximate surface area is 118 Å². The molecule has 1 N–H and O–H groups in total. The van der Waals surface area contributed by atoms with E-state index in [0.717, 1.165) is 36.9 Å². The number of aromatic nitrogens is 1. The van der Waals surface area contributed by atoms with Crippen molar-refractivity contribution in [3.05, 3.63) is 42.1 Å². The number of aliphatic carboxylic acids is 1. The Morgan fingerprint density at radius 1 is 1.10 bits per heavy atom. The van der Waals surface area contributed by atoms with Crippen LogP contribution < -0.4 is 0 Å². The predicted octanol–water partition coefficient (Wildman–Crippen LogP) is 3.98. The molecule has 1 aromatic carbocycles. The summed E-state index contributed by atoms with van der Waals surface area (Å²) in [6.07, 6.45) is 4.45. The van der Waals surface area contributed by atoms with E-state index in [0.29, 0.717) is 18.3 Å². The van der Waals surface area contributed by atoms with Crippen LogP contribution in [0.1, 0.15) is 43.7 Å². The van der Waals surface area contributed by atoms with Crippen molar-refractivity contribution in [2.24, 2.45) is 5.92 Å². The van der Waals surface area contributed by atoms with Gasteiger partial charge in [-0.1, -0.05) is 24.3 Å². The van der Waals surface area contributed by atoms with E-state index < -0.39 is 5.97 Å². The third-order valence-electron chi connectivity index (χ3n) is 4.35. The molecular formula is C17H19NO2. The summed E-state index contributed by atoms with van der Waals surface area (Å²) in [4.78, 5) is 15.5. The van der Waals surface area contributed by atoms with Crippen LogP contribution in [0.5, 0.6) is 0 Å². The molecule has 1 aliphatic carbocycles. The molecule has 0 spiro atoms. The number of pyridine rings is 1. The number of carboxylic acid groups (broad SMARTS) is 1. The van der Waals surface area contributed by atoms with Gasteiger partial charge in [-0.2, -0.15) is 0 Å². The SMILES string of the molecule is O=C(O)CC1CCC(c2ccc3ccccc3n2)CC1. The van der Waals surface area contributed by atoms with Crippen LogP contribution in [0.25, 0.3) is 10.9 Å². The van der Waals surface area contributed by atoms with Crippen molar-refractivity contribution in [3.63, 3.8) is 0 Å². The first-order valence-electron chi connectivity index (χ1n) is 7.30. The summed E-state index contributed by atoms with van der Waals surface area (Å²) in [6, 6.07) is 12.4. The Bertz CT molecular complexity index is 615. The van der Waals surface area contributed by atoms with Crippen LogP contribution >= 0.6 is 0 Å². The number of para-hydroxylation sites is 1. The van der Waals surface area contributed by atoms with E-state index in [2.05, 4.69) is 24.3 Å². The average molecular weight is 269 g/mol. The molecule has 3 heteroatoms. The number of benzene rings is 1. The fourth-order valence-electron chi connectivity index (χ4n) is 3.22. The highest BCUT2D eigenvalue weighted by atomic mass is 16.4. The summed E-state index contributed by atoms with van der Waals surface area (Å²) in [5.74, 6) is 0.172. The van der Waals surface area contributed by atoms with Gasteiger partial charge >= 0.3 is 5.97 Å². The molecule has 1 aliphatic rings. The zero-order valence-electron chi connectivity index (χ0n) is 11.5. The van der Waals surface area contributed by atoms with E-state index in [1.165, 1.54) is 5.39 Å². The Kier molecular flexibility index (Phi) is 3.68. The molecule has 3 nitrogen and oxygen atoms in total. The first-order chi connectivity index (χ1) is 9.72. The van der Waals surface area contributed by atoms with Gasteiger partial charge in [0.25, 0.3) is 0 Å². The van der Waals surface area contributed by atoms with Crippen LogP contribution in [-0.2, 0) is 4.79 Å². The maximum absolute atomic E-state index is 10.8. The molecule has 1 fully saturated rings. The van der Waals surface area contributed by atoms with Gasteiger partial charge in [0.2, 0.25) is 0 Å². The standard InChI is InChI=1S/C17H19NO2/c19-17(20)11-12-5-7-14(8-6-12)16-10-9-13-3-1-2-4-15(13)18-16/h1-4,9-10,12,14H,5-8,11H2,(H,19,20). The Hall–Kier alpha value is -1.90. The van der Waals surface area contributed by atoms with Gasteiger partial charge in [-0.3, -0.25) is 9.78 Å². The molecule has 0 unspecified atom stereocenters. The van der Waals surface area contributed by atoms with Crippen LogP contribution in [0.2, 0.25) is 0 Å². The number of hydrogen-bond donors (Lipinski definition) is 1. The maximum Gasteiger partial charge on any atom is 0.303 e. The highest BCUT2D eigenvalue weighted by Crippen LogP contribution is 2.36. The Morgan fingerprint density at radius 3 is 2.60 bits per heavy atom.